The molecule has 1 nitrogen and oxygen atoms in total. The molecule has 0 aliphatic heterocycles. The summed E-state index contributed by atoms with van der Waals surface area (Å²) >= 11 is 0. The van der Waals surface area contributed by atoms with Gasteiger partial charge in [0.2, 0.25) is 0 Å². The molecule has 2 aromatic carbocycles. The molecule has 0 saturated carbocycles. The summed E-state index contributed by atoms with van der Waals surface area (Å²) < 4.78 is 5.63. The molecule has 68 valence electrons. The third-order valence-electron chi connectivity index (χ3n) is 2.00. The van der Waals surface area contributed by atoms with Gasteiger partial charge in [0.15, 0.2) is 0 Å². The lowest BCUT2D eigenvalue weighted by atomic mass is 9.97. The number of hydrogen-bond donors (Lipinski definition) is 0. The first-order chi connectivity index (χ1) is 6.84. The number of rotatable bonds is 2. The van der Waals surface area contributed by atoms with Gasteiger partial charge in [-0.15, -0.1) is 0 Å². The molecular weight excluding hydrogens is 171 g/mol. The van der Waals surface area contributed by atoms with Gasteiger partial charge in [0.05, 0.1) is 0 Å². The molecule has 0 amide bonds. The van der Waals surface area contributed by atoms with Crippen LogP contribution < -0.4 is 10.2 Å². The zero-order valence-electron chi connectivity index (χ0n) is 8.10. The molecule has 0 aromatic heterocycles. The molecule has 0 atom stereocenters. The Kier molecular flexibility index (Phi) is 2.54. The maximum atomic E-state index is 5.63. The molecule has 0 N–H and O–H groups in total. The average molecular weight is 182 g/mol. The standard InChI is InChI=1S/C12H11BO/c13-10-6-8-12(9-7-10)14-11-4-2-1-3-5-11/h1-9H,13H2. The van der Waals surface area contributed by atoms with Gasteiger partial charge in [-0.3, -0.25) is 0 Å². The van der Waals surface area contributed by atoms with Gasteiger partial charge >= 0.3 is 0 Å². The van der Waals surface area contributed by atoms with Gasteiger partial charge in [0.25, 0.3) is 0 Å². The summed E-state index contributed by atoms with van der Waals surface area (Å²) in [6.45, 7) is 0. The van der Waals surface area contributed by atoms with Gasteiger partial charge in [-0.2, -0.15) is 0 Å². The van der Waals surface area contributed by atoms with Gasteiger partial charge in [0.1, 0.15) is 19.3 Å². The van der Waals surface area contributed by atoms with E-state index in [0.29, 0.717) is 0 Å². The molecule has 0 aliphatic rings. The van der Waals surface area contributed by atoms with Crippen LogP contribution in [0.1, 0.15) is 0 Å². The van der Waals surface area contributed by atoms with Crippen molar-refractivity contribution in [2.45, 2.75) is 0 Å². The second-order valence-electron chi connectivity index (χ2n) is 3.23. The van der Waals surface area contributed by atoms with Gasteiger partial charge < -0.3 is 4.74 Å². The summed E-state index contributed by atoms with van der Waals surface area (Å²) in [6, 6.07) is 17.8. The summed E-state index contributed by atoms with van der Waals surface area (Å²) in [7, 11) is 2.06. The Balaban J connectivity index is 2.16. The van der Waals surface area contributed by atoms with Crippen LogP contribution in [0, 0.1) is 0 Å². The van der Waals surface area contributed by atoms with Gasteiger partial charge in [-0.25, -0.2) is 0 Å². The highest BCUT2D eigenvalue weighted by molar-refractivity contribution is 6.32. The topological polar surface area (TPSA) is 9.23 Å². The number of hydrogen-bond acceptors (Lipinski definition) is 1. The summed E-state index contributed by atoms with van der Waals surface area (Å²) in [6.07, 6.45) is 0. The molecule has 0 unspecified atom stereocenters. The predicted molar refractivity (Wildman–Crippen MR) is 61.1 cm³/mol. The van der Waals surface area contributed by atoms with Crippen molar-refractivity contribution in [2.24, 2.45) is 0 Å². The first-order valence-electron chi connectivity index (χ1n) is 4.64. The molecule has 2 aromatic rings. The van der Waals surface area contributed by atoms with E-state index in [0.717, 1.165) is 11.5 Å². The number of benzene rings is 2. The number of ether oxygens (including phenoxy) is 1. The number of para-hydroxylation sites is 1. The molecule has 0 bridgehead atoms. The van der Waals surface area contributed by atoms with E-state index >= 15 is 0 Å². The van der Waals surface area contributed by atoms with Crippen LogP contribution in [-0.2, 0) is 0 Å². The monoisotopic (exact) mass is 182 g/mol. The summed E-state index contributed by atoms with van der Waals surface area (Å²) in [4.78, 5) is 0. The molecule has 0 fully saturated rings. The second-order valence-corrected chi connectivity index (χ2v) is 3.23. The minimum Gasteiger partial charge on any atom is -0.457 e. The summed E-state index contributed by atoms with van der Waals surface area (Å²) in [5.41, 5.74) is 1.24. The summed E-state index contributed by atoms with van der Waals surface area (Å²) in [5.74, 6) is 1.75. The van der Waals surface area contributed by atoms with E-state index < -0.39 is 0 Å². The van der Waals surface area contributed by atoms with Crippen LogP contribution in [0.2, 0.25) is 0 Å². The molecule has 14 heavy (non-hydrogen) atoms. The van der Waals surface area contributed by atoms with Crippen LogP contribution in [0.15, 0.2) is 54.6 Å². The Morgan fingerprint density at radius 3 is 1.93 bits per heavy atom. The molecule has 2 rings (SSSR count). The van der Waals surface area contributed by atoms with Crippen molar-refractivity contribution in [2.75, 3.05) is 0 Å². The van der Waals surface area contributed by atoms with Crippen molar-refractivity contribution in [3.05, 3.63) is 54.6 Å². The average Bonchev–Trinajstić information content (AvgIpc) is 2.23. The zero-order valence-corrected chi connectivity index (χ0v) is 8.10. The third-order valence-corrected chi connectivity index (χ3v) is 2.00. The Morgan fingerprint density at radius 1 is 0.714 bits per heavy atom. The maximum absolute atomic E-state index is 5.63. The Morgan fingerprint density at radius 2 is 1.29 bits per heavy atom. The highest BCUT2D eigenvalue weighted by Gasteiger charge is 1.94. The molecule has 0 saturated heterocycles. The van der Waals surface area contributed by atoms with Gasteiger partial charge in [-0.05, 0) is 24.3 Å². The van der Waals surface area contributed by atoms with Crippen molar-refractivity contribution >= 4 is 13.3 Å². The van der Waals surface area contributed by atoms with Crippen molar-refractivity contribution in [3.63, 3.8) is 0 Å². The smallest absolute Gasteiger partial charge is 0.139 e. The first kappa shape index (κ1) is 8.88. The third kappa shape index (κ3) is 2.16. The van der Waals surface area contributed by atoms with Gasteiger partial charge in [-0.1, -0.05) is 35.8 Å². The van der Waals surface area contributed by atoms with Crippen LogP contribution >= 0.6 is 0 Å². The van der Waals surface area contributed by atoms with Crippen LogP contribution in [0.25, 0.3) is 0 Å². The molecule has 0 heterocycles. The van der Waals surface area contributed by atoms with Crippen LogP contribution in [0.4, 0.5) is 0 Å². The fraction of sp³-hybridized carbons (Fsp3) is 0. The maximum Gasteiger partial charge on any atom is 0.139 e. The highest BCUT2D eigenvalue weighted by Crippen LogP contribution is 2.18. The zero-order chi connectivity index (χ0) is 9.80. The molecule has 0 aliphatic carbocycles. The largest absolute Gasteiger partial charge is 0.457 e. The lowest BCUT2D eigenvalue weighted by Gasteiger charge is -2.04. The first-order valence-corrected chi connectivity index (χ1v) is 4.64. The Hall–Kier alpha value is -1.70. The second kappa shape index (κ2) is 4.01. The van der Waals surface area contributed by atoms with Crippen LogP contribution in [-0.4, -0.2) is 7.85 Å². The van der Waals surface area contributed by atoms with E-state index in [1.807, 2.05) is 54.6 Å². The van der Waals surface area contributed by atoms with E-state index in [1.54, 1.807) is 0 Å². The fourth-order valence-corrected chi connectivity index (χ4v) is 1.23. The van der Waals surface area contributed by atoms with E-state index in [2.05, 4.69) is 7.85 Å². The molecular formula is C12H11BO. The Bertz CT molecular complexity index is 394. The SMILES string of the molecule is Bc1ccc(Oc2ccccc2)cc1. The molecule has 0 radical (unpaired) electrons. The fourth-order valence-electron chi connectivity index (χ4n) is 1.23. The van der Waals surface area contributed by atoms with Crippen molar-refractivity contribution in [1.29, 1.82) is 0 Å². The lowest BCUT2D eigenvalue weighted by Crippen LogP contribution is -1.99. The van der Waals surface area contributed by atoms with Gasteiger partial charge in [0, 0.05) is 0 Å². The minimum absolute atomic E-state index is 0.872. The quantitative estimate of drug-likeness (QED) is 0.642. The summed E-state index contributed by atoms with van der Waals surface area (Å²) in [5, 5.41) is 0. The van der Waals surface area contributed by atoms with Crippen molar-refractivity contribution in [3.8, 4) is 11.5 Å². The van der Waals surface area contributed by atoms with E-state index in [-0.39, 0.29) is 0 Å². The van der Waals surface area contributed by atoms with Crippen LogP contribution in [0.3, 0.4) is 0 Å². The predicted octanol–water partition coefficient (Wildman–Crippen LogP) is 1.74. The highest BCUT2D eigenvalue weighted by atomic mass is 16.5. The lowest BCUT2D eigenvalue weighted by molar-refractivity contribution is 0.483. The van der Waals surface area contributed by atoms with E-state index in [4.69, 9.17) is 4.74 Å². The van der Waals surface area contributed by atoms with Crippen molar-refractivity contribution in [1.82, 2.24) is 0 Å². The molecule has 0 spiro atoms. The van der Waals surface area contributed by atoms with E-state index in [1.165, 1.54) is 5.46 Å². The van der Waals surface area contributed by atoms with Crippen molar-refractivity contribution < 1.29 is 4.74 Å². The Labute approximate surface area is 84.8 Å². The van der Waals surface area contributed by atoms with Crippen LogP contribution in [0.5, 0.6) is 11.5 Å². The normalized spacial score (nSPS) is 9.71. The minimum atomic E-state index is 0.872. The van der Waals surface area contributed by atoms with E-state index in [9.17, 15) is 0 Å². The molecule has 2 heteroatoms.